The number of hydrogen-bond donors (Lipinski definition) is 1. The molecule has 0 fully saturated rings. The fraction of sp³-hybridized carbons (Fsp3) is 0.846. The second-order valence-electron chi connectivity index (χ2n) is 5.15. The van der Waals surface area contributed by atoms with E-state index in [0.29, 0.717) is 12.1 Å². The van der Waals surface area contributed by atoms with Crippen molar-refractivity contribution < 1.29 is 0 Å². The van der Waals surface area contributed by atoms with Gasteiger partial charge in [-0.3, -0.25) is 0 Å². The van der Waals surface area contributed by atoms with E-state index < -0.39 is 0 Å². The van der Waals surface area contributed by atoms with Gasteiger partial charge in [-0.2, -0.15) is 0 Å². The molecule has 0 heterocycles. The van der Waals surface area contributed by atoms with Gasteiger partial charge in [-0.25, -0.2) is 0 Å². The second kappa shape index (κ2) is 7.05. The zero-order chi connectivity index (χ0) is 11.1. The Hall–Kier alpha value is -0.300. The van der Waals surface area contributed by atoms with E-state index in [1.165, 1.54) is 12.8 Å². The minimum absolute atomic E-state index is 0.428. The summed E-state index contributed by atoms with van der Waals surface area (Å²) in [4.78, 5) is 0. The van der Waals surface area contributed by atoms with Crippen molar-refractivity contribution in [3.05, 3.63) is 12.7 Å². The molecule has 1 atom stereocenters. The normalized spacial score (nSPS) is 14.0. The first-order chi connectivity index (χ1) is 6.45. The standard InChI is InChI=1S/C13H27N/c1-7-12(6)14-13(8-10(2)3)9-11(4)5/h7,10-14H,1,8-9H2,2-6H3. The smallest absolute Gasteiger partial charge is 0.0221 e. The molecule has 1 heteroatoms. The molecule has 0 aliphatic rings. The first-order valence-corrected chi connectivity index (χ1v) is 5.84. The lowest BCUT2D eigenvalue weighted by Gasteiger charge is -2.24. The average Bonchev–Trinajstić information content (AvgIpc) is 2.01. The van der Waals surface area contributed by atoms with Crippen LogP contribution in [0.25, 0.3) is 0 Å². The summed E-state index contributed by atoms with van der Waals surface area (Å²) >= 11 is 0. The summed E-state index contributed by atoms with van der Waals surface area (Å²) in [5.74, 6) is 1.53. The highest BCUT2D eigenvalue weighted by atomic mass is 14.9. The molecule has 0 amide bonds. The van der Waals surface area contributed by atoms with Crippen molar-refractivity contribution in [1.29, 1.82) is 0 Å². The fourth-order valence-corrected chi connectivity index (χ4v) is 1.81. The number of nitrogens with one attached hydrogen (secondary N) is 1. The van der Waals surface area contributed by atoms with Gasteiger partial charge >= 0.3 is 0 Å². The minimum Gasteiger partial charge on any atom is -0.308 e. The fourth-order valence-electron chi connectivity index (χ4n) is 1.81. The lowest BCUT2D eigenvalue weighted by atomic mass is 9.95. The first-order valence-electron chi connectivity index (χ1n) is 5.84. The lowest BCUT2D eigenvalue weighted by Crippen LogP contribution is -2.37. The molecule has 0 bridgehead atoms. The Morgan fingerprint density at radius 1 is 1.00 bits per heavy atom. The molecular weight excluding hydrogens is 170 g/mol. The molecule has 0 aliphatic heterocycles. The maximum absolute atomic E-state index is 3.81. The summed E-state index contributed by atoms with van der Waals surface area (Å²) in [6.07, 6.45) is 4.50. The van der Waals surface area contributed by atoms with Gasteiger partial charge in [0.25, 0.3) is 0 Å². The van der Waals surface area contributed by atoms with Crippen LogP contribution in [0.1, 0.15) is 47.5 Å². The third-order valence-corrected chi connectivity index (χ3v) is 2.36. The van der Waals surface area contributed by atoms with Crippen LogP contribution in [0.2, 0.25) is 0 Å². The number of rotatable bonds is 7. The van der Waals surface area contributed by atoms with Gasteiger partial charge in [0.05, 0.1) is 0 Å². The number of hydrogen-bond acceptors (Lipinski definition) is 1. The Balaban J connectivity index is 4.02. The molecule has 0 aromatic rings. The van der Waals surface area contributed by atoms with E-state index >= 15 is 0 Å². The summed E-state index contributed by atoms with van der Waals surface area (Å²) in [6.45, 7) is 15.1. The lowest BCUT2D eigenvalue weighted by molar-refractivity contribution is 0.349. The van der Waals surface area contributed by atoms with E-state index in [0.717, 1.165) is 11.8 Å². The van der Waals surface area contributed by atoms with Crippen LogP contribution in [0.4, 0.5) is 0 Å². The molecule has 1 unspecified atom stereocenters. The zero-order valence-corrected chi connectivity index (χ0v) is 10.5. The van der Waals surface area contributed by atoms with Gasteiger partial charge in [-0.15, -0.1) is 6.58 Å². The van der Waals surface area contributed by atoms with Gasteiger partial charge < -0.3 is 5.32 Å². The Labute approximate surface area is 90.0 Å². The van der Waals surface area contributed by atoms with Crippen molar-refractivity contribution in [1.82, 2.24) is 5.32 Å². The highest BCUT2D eigenvalue weighted by Crippen LogP contribution is 2.13. The van der Waals surface area contributed by atoms with Crippen LogP contribution in [-0.4, -0.2) is 12.1 Å². The first kappa shape index (κ1) is 13.7. The van der Waals surface area contributed by atoms with Gasteiger partial charge in [-0.1, -0.05) is 33.8 Å². The third kappa shape index (κ3) is 7.14. The molecule has 0 spiro atoms. The van der Waals surface area contributed by atoms with Crippen LogP contribution in [0.5, 0.6) is 0 Å². The zero-order valence-electron chi connectivity index (χ0n) is 10.5. The van der Waals surface area contributed by atoms with Crippen molar-refractivity contribution in [2.75, 3.05) is 0 Å². The second-order valence-corrected chi connectivity index (χ2v) is 5.15. The molecule has 0 aliphatic carbocycles. The Kier molecular flexibility index (Phi) is 6.90. The summed E-state index contributed by atoms with van der Waals surface area (Å²) in [6, 6.07) is 1.07. The SMILES string of the molecule is C=CC(C)NC(CC(C)C)CC(C)C. The molecule has 0 radical (unpaired) electrons. The molecule has 14 heavy (non-hydrogen) atoms. The Morgan fingerprint density at radius 3 is 1.71 bits per heavy atom. The Morgan fingerprint density at radius 2 is 1.43 bits per heavy atom. The molecule has 0 saturated heterocycles. The van der Waals surface area contributed by atoms with Gasteiger partial charge in [0, 0.05) is 12.1 Å². The van der Waals surface area contributed by atoms with Gasteiger partial charge in [0.15, 0.2) is 0 Å². The monoisotopic (exact) mass is 197 g/mol. The van der Waals surface area contributed by atoms with Crippen molar-refractivity contribution in [3.63, 3.8) is 0 Å². The maximum Gasteiger partial charge on any atom is 0.0221 e. The molecular formula is C13H27N. The molecule has 1 nitrogen and oxygen atoms in total. The third-order valence-electron chi connectivity index (χ3n) is 2.36. The predicted molar refractivity (Wildman–Crippen MR) is 65.5 cm³/mol. The summed E-state index contributed by atoms with van der Waals surface area (Å²) in [7, 11) is 0. The molecule has 0 rings (SSSR count). The van der Waals surface area contributed by atoms with E-state index in [4.69, 9.17) is 0 Å². The Bertz CT molecular complexity index is 139. The minimum atomic E-state index is 0.428. The highest BCUT2D eigenvalue weighted by molar-refractivity contribution is 4.85. The summed E-state index contributed by atoms with van der Waals surface area (Å²) in [5.41, 5.74) is 0. The molecule has 0 aromatic carbocycles. The molecule has 1 N–H and O–H groups in total. The predicted octanol–water partition coefficient (Wildman–Crippen LogP) is 3.61. The topological polar surface area (TPSA) is 12.0 Å². The molecule has 0 saturated carbocycles. The average molecular weight is 197 g/mol. The van der Waals surface area contributed by atoms with Crippen LogP contribution in [0.3, 0.4) is 0 Å². The largest absolute Gasteiger partial charge is 0.308 e. The van der Waals surface area contributed by atoms with Crippen molar-refractivity contribution in [2.45, 2.75) is 59.5 Å². The van der Waals surface area contributed by atoms with E-state index in [1.54, 1.807) is 0 Å². The van der Waals surface area contributed by atoms with Gasteiger partial charge in [-0.05, 0) is 31.6 Å². The van der Waals surface area contributed by atoms with Gasteiger partial charge in [0.1, 0.15) is 0 Å². The van der Waals surface area contributed by atoms with Gasteiger partial charge in [0.2, 0.25) is 0 Å². The highest BCUT2D eigenvalue weighted by Gasteiger charge is 2.13. The summed E-state index contributed by atoms with van der Waals surface area (Å²) in [5, 5.41) is 3.61. The quantitative estimate of drug-likeness (QED) is 0.615. The van der Waals surface area contributed by atoms with Crippen LogP contribution >= 0.6 is 0 Å². The van der Waals surface area contributed by atoms with Crippen molar-refractivity contribution >= 4 is 0 Å². The summed E-state index contributed by atoms with van der Waals surface area (Å²) < 4.78 is 0. The molecule has 84 valence electrons. The maximum atomic E-state index is 3.81. The van der Waals surface area contributed by atoms with Crippen LogP contribution in [0, 0.1) is 11.8 Å². The van der Waals surface area contributed by atoms with Crippen molar-refractivity contribution in [3.8, 4) is 0 Å². The molecule has 0 aromatic heterocycles. The van der Waals surface area contributed by atoms with E-state index in [2.05, 4.69) is 46.5 Å². The van der Waals surface area contributed by atoms with E-state index in [-0.39, 0.29) is 0 Å². The van der Waals surface area contributed by atoms with Crippen molar-refractivity contribution in [2.24, 2.45) is 11.8 Å². The van der Waals surface area contributed by atoms with Crippen LogP contribution in [0.15, 0.2) is 12.7 Å². The van der Waals surface area contributed by atoms with Crippen LogP contribution < -0.4 is 5.32 Å². The van der Waals surface area contributed by atoms with Crippen LogP contribution in [-0.2, 0) is 0 Å². The van der Waals surface area contributed by atoms with E-state index in [1.807, 2.05) is 6.08 Å². The van der Waals surface area contributed by atoms with E-state index in [9.17, 15) is 0 Å².